The van der Waals surface area contributed by atoms with E-state index < -0.39 is 0 Å². The van der Waals surface area contributed by atoms with Crippen LogP contribution in [0.3, 0.4) is 0 Å². The number of pyridine rings is 1. The monoisotopic (exact) mass is 344 g/mol. The van der Waals surface area contributed by atoms with E-state index in [1.807, 2.05) is 13.0 Å². The van der Waals surface area contributed by atoms with E-state index in [1.165, 1.54) is 11.0 Å². The fraction of sp³-hybridized carbons (Fsp3) is 0.222. The number of hydrogen-bond donors (Lipinski definition) is 1. The lowest BCUT2D eigenvalue weighted by molar-refractivity contribution is -0.116. The van der Waals surface area contributed by atoms with Gasteiger partial charge in [0.05, 0.1) is 5.69 Å². The summed E-state index contributed by atoms with van der Waals surface area (Å²) in [6.07, 6.45) is 1.38. The summed E-state index contributed by atoms with van der Waals surface area (Å²) in [7, 11) is 0. The van der Waals surface area contributed by atoms with Gasteiger partial charge in [-0.25, -0.2) is 9.67 Å². The van der Waals surface area contributed by atoms with Crippen molar-refractivity contribution in [2.24, 2.45) is 0 Å². The van der Waals surface area contributed by atoms with Gasteiger partial charge in [-0.05, 0) is 52.1 Å². The van der Waals surface area contributed by atoms with Crippen LogP contribution >= 0.6 is 22.6 Å². The normalized spacial score (nSPS) is 10.2. The third-order valence-electron chi connectivity index (χ3n) is 1.99. The highest BCUT2D eigenvalue weighted by atomic mass is 127. The zero-order valence-corrected chi connectivity index (χ0v) is 11.1. The summed E-state index contributed by atoms with van der Waals surface area (Å²) in [6.45, 7) is 1.96. The van der Waals surface area contributed by atoms with Crippen molar-refractivity contribution in [1.82, 2.24) is 25.2 Å². The van der Waals surface area contributed by atoms with E-state index in [2.05, 4.69) is 48.4 Å². The standard InChI is InChI=1S/C9H9IN6O/c1-6-7(10)2-3-8(12-6)13-9(17)4-16-5-11-14-15-16/h2-3,5H,4H2,1H3,(H,12,13,17). The largest absolute Gasteiger partial charge is 0.309 e. The Kier molecular flexibility index (Phi) is 3.61. The van der Waals surface area contributed by atoms with Crippen molar-refractivity contribution in [1.29, 1.82) is 0 Å². The maximum atomic E-state index is 11.6. The number of nitrogens with one attached hydrogen (secondary N) is 1. The van der Waals surface area contributed by atoms with Gasteiger partial charge in [0.25, 0.3) is 0 Å². The average Bonchev–Trinajstić information content (AvgIpc) is 2.76. The van der Waals surface area contributed by atoms with Crippen LogP contribution in [0.2, 0.25) is 0 Å². The number of aryl methyl sites for hydroxylation is 1. The van der Waals surface area contributed by atoms with Crippen LogP contribution in [0.25, 0.3) is 0 Å². The molecule has 7 nitrogen and oxygen atoms in total. The topological polar surface area (TPSA) is 85.6 Å². The molecule has 8 heteroatoms. The summed E-state index contributed by atoms with van der Waals surface area (Å²) in [4.78, 5) is 15.8. The van der Waals surface area contributed by atoms with Gasteiger partial charge in [-0.2, -0.15) is 0 Å². The smallest absolute Gasteiger partial charge is 0.247 e. The van der Waals surface area contributed by atoms with Crippen LogP contribution < -0.4 is 5.32 Å². The van der Waals surface area contributed by atoms with Crippen LogP contribution in [0, 0.1) is 10.5 Å². The molecule has 0 aromatic carbocycles. The van der Waals surface area contributed by atoms with Gasteiger partial charge in [0.1, 0.15) is 18.7 Å². The van der Waals surface area contributed by atoms with Crippen LogP contribution in [0.15, 0.2) is 18.5 Å². The minimum atomic E-state index is -0.217. The molecule has 0 bridgehead atoms. The molecule has 1 amide bonds. The number of amides is 1. The number of anilines is 1. The summed E-state index contributed by atoms with van der Waals surface area (Å²) >= 11 is 2.19. The number of carbonyl (C=O) groups is 1. The molecule has 2 aromatic rings. The molecule has 88 valence electrons. The molecule has 0 saturated heterocycles. The lowest BCUT2D eigenvalue weighted by Gasteiger charge is -2.05. The maximum absolute atomic E-state index is 11.6. The Hall–Kier alpha value is -1.58. The number of nitrogens with zero attached hydrogens (tertiary/aromatic N) is 5. The highest BCUT2D eigenvalue weighted by Gasteiger charge is 2.06. The van der Waals surface area contributed by atoms with Crippen molar-refractivity contribution in [2.75, 3.05) is 5.32 Å². The van der Waals surface area contributed by atoms with Crippen LogP contribution in [-0.2, 0) is 11.3 Å². The van der Waals surface area contributed by atoms with Gasteiger partial charge >= 0.3 is 0 Å². The highest BCUT2D eigenvalue weighted by Crippen LogP contribution is 2.12. The Morgan fingerprint density at radius 1 is 1.53 bits per heavy atom. The molecule has 0 aliphatic rings. The van der Waals surface area contributed by atoms with Crippen molar-refractivity contribution in [2.45, 2.75) is 13.5 Å². The van der Waals surface area contributed by atoms with Gasteiger partial charge in [-0.3, -0.25) is 4.79 Å². The molecule has 0 aliphatic heterocycles. The summed E-state index contributed by atoms with van der Waals surface area (Å²) < 4.78 is 2.40. The molecule has 2 rings (SSSR count). The van der Waals surface area contributed by atoms with Crippen molar-refractivity contribution in [3.63, 3.8) is 0 Å². The Labute approximate surface area is 111 Å². The lowest BCUT2D eigenvalue weighted by Crippen LogP contribution is -2.20. The molecule has 2 aromatic heterocycles. The Morgan fingerprint density at radius 3 is 3.00 bits per heavy atom. The minimum absolute atomic E-state index is 0.0692. The summed E-state index contributed by atoms with van der Waals surface area (Å²) in [6, 6.07) is 3.65. The third kappa shape index (κ3) is 3.19. The number of rotatable bonds is 3. The van der Waals surface area contributed by atoms with E-state index in [9.17, 15) is 4.79 Å². The second-order valence-electron chi connectivity index (χ2n) is 3.32. The predicted octanol–water partition coefficient (Wildman–Crippen LogP) is 0.620. The Bertz CT molecular complexity index is 526. The van der Waals surface area contributed by atoms with E-state index >= 15 is 0 Å². The van der Waals surface area contributed by atoms with E-state index in [4.69, 9.17) is 0 Å². The summed E-state index contributed by atoms with van der Waals surface area (Å²) in [5, 5.41) is 13.2. The quantitative estimate of drug-likeness (QED) is 0.825. The van der Waals surface area contributed by atoms with Crippen molar-refractivity contribution >= 4 is 34.3 Å². The zero-order chi connectivity index (χ0) is 12.3. The number of hydrogen-bond acceptors (Lipinski definition) is 5. The van der Waals surface area contributed by atoms with Gasteiger partial charge < -0.3 is 5.32 Å². The molecular weight excluding hydrogens is 335 g/mol. The first-order valence-corrected chi connectivity index (χ1v) is 5.87. The molecule has 1 N–H and O–H groups in total. The molecule has 0 saturated carbocycles. The van der Waals surface area contributed by atoms with Crippen LogP contribution in [0.1, 0.15) is 5.69 Å². The number of aromatic nitrogens is 5. The minimum Gasteiger partial charge on any atom is -0.309 e. The van der Waals surface area contributed by atoms with Gasteiger partial charge in [-0.15, -0.1) is 5.10 Å². The zero-order valence-electron chi connectivity index (χ0n) is 8.96. The Balaban J connectivity index is 2.00. The first-order chi connectivity index (χ1) is 8.15. The van der Waals surface area contributed by atoms with E-state index in [1.54, 1.807) is 6.07 Å². The molecule has 0 radical (unpaired) electrons. The van der Waals surface area contributed by atoms with Gasteiger partial charge in [0, 0.05) is 3.57 Å². The van der Waals surface area contributed by atoms with Crippen molar-refractivity contribution < 1.29 is 4.79 Å². The maximum Gasteiger partial charge on any atom is 0.247 e. The SMILES string of the molecule is Cc1nc(NC(=O)Cn2cnnn2)ccc1I. The molecule has 0 unspecified atom stereocenters. The number of halogens is 1. The molecule has 0 aliphatic carbocycles. The summed E-state index contributed by atoms with van der Waals surface area (Å²) in [5.74, 6) is 0.311. The fourth-order valence-electron chi connectivity index (χ4n) is 1.20. The summed E-state index contributed by atoms with van der Waals surface area (Å²) in [5.41, 5.74) is 0.880. The van der Waals surface area contributed by atoms with E-state index in [-0.39, 0.29) is 12.5 Å². The van der Waals surface area contributed by atoms with E-state index in [0.717, 1.165) is 9.26 Å². The first kappa shape index (κ1) is 11.9. The molecular formula is C9H9IN6O. The fourth-order valence-corrected chi connectivity index (χ4v) is 1.50. The van der Waals surface area contributed by atoms with Gasteiger partial charge in [0.2, 0.25) is 5.91 Å². The molecule has 0 fully saturated rings. The second-order valence-corrected chi connectivity index (χ2v) is 4.48. The van der Waals surface area contributed by atoms with Crippen LogP contribution in [0.4, 0.5) is 5.82 Å². The van der Waals surface area contributed by atoms with Crippen molar-refractivity contribution in [3.05, 3.63) is 27.7 Å². The Morgan fingerprint density at radius 2 is 2.35 bits per heavy atom. The number of tetrazole rings is 1. The molecule has 0 atom stereocenters. The lowest BCUT2D eigenvalue weighted by atomic mass is 10.4. The average molecular weight is 344 g/mol. The van der Waals surface area contributed by atoms with E-state index in [0.29, 0.717) is 5.82 Å². The van der Waals surface area contributed by atoms with Crippen molar-refractivity contribution in [3.8, 4) is 0 Å². The molecule has 17 heavy (non-hydrogen) atoms. The first-order valence-electron chi connectivity index (χ1n) is 4.79. The molecule has 0 spiro atoms. The highest BCUT2D eigenvalue weighted by molar-refractivity contribution is 14.1. The van der Waals surface area contributed by atoms with Crippen LogP contribution in [0.5, 0.6) is 0 Å². The van der Waals surface area contributed by atoms with Gasteiger partial charge in [-0.1, -0.05) is 0 Å². The third-order valence-corrected chi connectivity index (χ3v) is 3.13. The molecule has 2 heterocycles. The second kappa shape index (κ2) is 5.17. The predicted molar refractivity (Wildman–Crippen MR) is 68.1 cm³/mol. The number of carbonyl (C=O) groups excluding carboxylic acids is 1. The van der Waals surface area contributed by atoms with Gasteiger partial charge in [0.15, 0.2) is 0 Å². The van der Waals surface area contributed by atoms with Crippen LogP contribution in [-0.4, -0.2) is 31.1 Å².